The van der Waals surface area contributed by atoms with Crippen LogP contribution in [0.1, 0.15) is 33.0 Å². The van der Waals surface area contributed by atoms with Gasteiger partial charge >= 0.3 is 0 Å². The van der Waals surface area contributed by atoms with Crippen LogP contribution in [-0.2, 0) is 0 Å². The molecule has 1 saturated heterocycles. The van der Waals surface area contributed by atoms with Gasteiger partial charge in [-0.3, -0.25) is 0 Å². The molecule has 0 aliphatic carbocycles. The van der Waals surface area contributed by atoms with Gasteiger partial charge in [-0.25, -0.2) is 9.97 Å². The Morgan fingerprint density at radius 2 is 1.90 bits per heavy atom. The summed E-state index contributed by atoms with van der Waals surface area (Å²) in [7, 11) is 0. The number of aromatic nitrogens is 2. The van der Waals surface area contributed by atoms with Crippen molar-refractivity contribution < 1.29 is 0 Å². The molecule has 1 fully saturated rings. The highest BCUT2D eigenvalue weighted by Crippen LogP contribution is 2.18. The lowest BCUT2D eigenvalue weighted by Crippen LogP contribution is -2.46. The highest BCUT2D eigenvalue weighted by molar-refractivity contribution is 5.49. The molecule has 1 aliphatic heterocycles. The van der Waals surface area contributed by atoms with Crippen LogP contribution in [0.15, 0.2) is 6.07 Å². The third-order valence-corrected chi connectivity index (χ3v) is 4.00. The van der Waals surface area contributed by atoms with E-state index in [-0.39, 0.29) is 0 Å². The summed E-state index contributed by atoms with van der Waals surface area (Å²) in [6.07, 6.45) is 1.16. The molecule has 0 aromatic carbocycles. The van der Waals surface area contributed by atoms with Gasteiger partial charge in [0.1, 0.15) is 17.5 Å². The van der Waals surface area contributed by atoms with Crippen LogP contribution in [0, 0.1) is 12.8 Å². The maximum absolute atomic E-state index is 4.61. The molecule has 2 rings (SSSR count). The Morgan fingerprint density at radius 1 is 1.19 bits per heavy atom. The largest absolute Gasteiger partial charge is 0.370 e. The normalized spacial score (nSPS) is 16.5. The van der Waals surface area contributed by atoms with Gasteiger partial charge in [-0.1, -0.05) is 20.8 Å². The summed E-state index contributed by atoms with van der Waals surface area (Å²) < 4.78 is 0. The van der Waals surface area contributed by atoms with Crippen molar-refractivity contribution in [2.45, 2.75) is 34.1 Å². The monoisotopic (exact) mass is 291 g/mol. The molecular weight excluding hydrogens is 262 g/mol. The van der Waals surface area contributed by atoms with Gasteiger partial charge in [0, 0.05) is 38.8 Å². The van der Waals surface area contributed by atoms with Crippen molar-refractivity contribution in [1.29, 1.82) is 0 Å². The van der Waals surface area contributed by atoms with E-state index in [1.807, 2.05) is 6.92 Å². The summed E-state index contributed by atoms with van der Waals surface area (Å²) in [6.45, 7) is 15.1. The van der Waals surface area contributed by atoms with Crippen molar-refractivity contribution in [1.82, 2.24) is 14.9 Å². The van der Waals surface area contributed by atoms with Gasteiger partial charge in [0.25, 0.3) is 0 Å². The molecule has 1 aromatic rings. The number of piperazine rings is 1. The van der Waals surface area contributed by atoms with Crippen molar-refractivity contribution in [2.75, 3.05) is 49.5 Å². The van der Waals surface area contributed by atoms with E-state index in [9.17, 15) is 0 Å². The Bertz CT molecular complexity index is 438. The second-order valence-electron chi connectivity index (χ2n) is 6.19. The van der Waals surface area contributed by atoms with Crippen LogP contribution in [0.3, 0.4) is 0 Å². The maximum atomic E-state index is 4.61. The van der Waals surface area contributed by atoms with Gasteiger partial charge in [0.2, 0.25) is 0 Å². The fourth-order valence-corrected chi connectivity index (χ4v) is 2.59. The second-order valence-corrected chi connectivity index (χ2v) is 6.19. The molecule has 0 spiro atoms. The van der Waals surface area contributed by atoms with Crippen molar-refractivity contribution in [2.24, 2.45) is 5.92 Å². The van der Waals surface area contributed by atoms with E-state index >= 15 is 0 Å². The van der Waals surface area contributed by atoms with Gasteiger partial charge < -0.3 is 15.1 Å². The zero-order valence-electron chi connectivity index (χ0n) is 13.9. The smallest absolute Gasteiger partial charge is 0.134 e. The molecule has 1 aliphatic rings. The molecule has 5 heteroatoms. The van der Waals surface area contributed by atoms with E-state index in [1.54, 1.807) is 0 Å². The first-order chi connectivity index (χ1) is 10.1. The van der Waals surface area contributed by atoms with Crippen LogP contribution >= 0.6 is 0 Å². The number of nitrogens with zero attached hydrogens (tertiary/aromatic N) is 4. The van der Waals surface area contributed by atoms with Crippen LogP contribution in [0.25, 0.3) is 0 Å². The predicted octanol–water partition coefficient (Wildman–Crippen LogP) is 2.38. The highest BCUT2D eigenvalue weighted by Gasteiger charge is 2.17. The van der Waals surface area contributed by atoms with E-state index in [0.717, 1.165) is 63.1 Å². The minimum Gasteiger partial charge on any atom is -0.370 e. The Hall–Kier alpha value is -1.36. The predicted molar refractivity (Wildman–Crippen MR) is 89.0 cm³/mol. The van der Waals surface area contributed by atoms with E-state index in [2.05, 4.69) is 51.9 Å². The minimum atomic E-state index is 0.710. The molecule has 5 nitrogen and oxygen atoms in total. The van der Waals surface area contributed by atoms with Crippen molar-refractivity contribution in [3.8, 4) is 0 Å². The van der Waals surface area contributed by atoms with E-state index in [0.29, 0.717) is 5.92 Å². The van der Waals surface area contributed by atoms with Crippen LogP contribution in [-0.4, -0.2) is 54.1 Å². The number of nitrogens with one attached hydrogen (secondary N) is 1. The highest BCUT2D eigenvalue weighted by atomic mass is 15.3. The molecule has 0 amide bonds. The topological polar surface area (TPSA) is 44.3 Å². The molecule has 0 radical (unpaired) electrons. The molecule has 0 unspecified atom stereocenters. The zero-order valence-corrected chi connectivity index (χ0v) is 13.9. The lowest BCUT2D eigenvalue weighted by molar-refractivity contribution is 0.270. The Kier molecular flexibility index (Phi) is 5.79. The molecule has 0 bridgehead atoms. The molecule has 118 valence electrons. The average molecular weight is 291 g/mol. The molecule has 0 saturated carbocycles. The number of aryl methyl sites for hydroxylation is 1. The first-order valence-corrected chi connectivity index (χ1v) is 8.15. The average Bonchev–Trinajstić information content (AvgIpc) is 2.46. The molecule has 21 heavy (non-hydrogen) atoms. The quantitative estimate of drug-likeness (QED) is 0.872. The number of hydrogen-bond acceptors (Lipinski definition) is 5. The molecule has 2 heterocycles. The van der Waals surface area contributed by atoms with Gasteiger partial charge in [-0.2, -0.15) is 0 Å². The van der Waals surface area contributed by atoms with Gasteiger partial charge in [-0.15, -0.1) is 0 Å². The third-order valence-electron chi connectivity index (χ3n) is 4.00. The summed E-state index contributed by atoms with van der Waals surface area (Å²) in [5, 5.41) is 3.43. The van der Waals surface area contributed by atoms with Crippen molar-refractivity contribution in [3.63, 3.8) is 0 Å². The maximum Gasteiger partial charge on any atom is 0.134 e. The summed E-state index contributed by atoms with van der Waals surface area (Å²) >= 11 is 0. The molecule has 1 N–H and O–H groups in total. The lowest BCUT2D eigenvalue weighted by atomic mass is 10.1. The van der Waals surface area contributed by atoms with Gasteiger partial charge in [0.05, 0.1) is 0 Å². The molecular formula is C16H29N5. The van der Waals surface area contributed by atoms with Crippen molar-refractivity contribution in [3.05, 3.63) is 11.9 Å². The van der Waals surface area contributed by atoms with E-state index in [4.69, 9.17) is 0 Å². The number of hydrogen-bond donors (Lipinski definition) is 1. The fourth-order valence-electron chi connectivity index (χ4n) is 2.59. The van der Waals surface area contributed by atoms with Gasteiger partial charge in [0.15, 0.2) is 0 Å². The molecule has 0 atom stereocenters. The first kappa shape index (κ1) is 16.0. The van der Waals surface area contributed by atoms with E-state index in [1.165, 1.54) is 0 Å². The van der Waals surface area contributed by atoms with Crippen LogP contribution in [0.5, 0.6) is 0 Å². The lowest BCUT2D eigenvalue weighted by Gasteiger charge is -2.34. The summed E-state index contributed by atoms with van der Waals surface area (Å²) in [6, 6.07) is 2.09. The fraction of sp³-hybridized carbons (Fsp3) is 0.750. The van der Waals surface area contributed by atoms with E-state index < -0.39 is 0 Å². The summed E-state index contributed by atoms with van der Waals surface area (Å²) in [5.41, 5.74) is 0. The number of anilines is 2. The molecule has 1 aromatic heterocycles. The number of rotatable bonds is 6. The third kappa shape index (κ3) is 4.84. The van der Waals surface area contributed by atoms with Crippen molar-refractivity contribution >= 4 is 11.6 Å². The van der Waals surface area contributed by atoms with Crippen LogP contribution < -0.4 is 10.2 Å². The summed E-state index contributed by atoms with van der Waals surface area (Å²) in [4.78, 5) is 14.0. The number of likely N-dealkylation sites (N-methyl/N-ethyl adjacent to an activating group) is 1. The Balaban J connectivity index is 1.98. The Labute approximate surface area is 128 Å². The SMILES string of the molecule is CCN1CCN(c2cc(NCCC(C)C)nc(C)n2)CC1. The van der Waals surface area contributed by atoms with Crippen LogP contribution in [0.4, 0.5) is 11.6 Å². The summed E-state index contributed by atoms with van der Waals surface area (Å²) in [5.74, 6) is 3.57. The second kappa shape index (κ2) is 7.59. The standard InChI is InChI=1S/C16H29N5/c1-5-20-8-10-21(11-9-20)16-12-15(18-14(4)19-16)17-7-6-13(2)3/h12-13H,5-11H2,1-4H3,(H,17,18,19). The first-order valence-electron chi connectivity index (χ1n) is 8.15. The Morgan fingerprint density at radius 3 is 2.52 bits per heavy atom. The van der Waals surface area contributed by atoms with Crippen LogP contribution in [0.2, 0.25) is 0 Å². The minimum absolute atomic E-state index is 0.710. The zero-order chi connectivity index (χ0) is 15.2. The van der Waals surface area contributed by atoms with Gasteiger partial charge in [-0.05, 0) is 25.8 Å².